The molecule has 4 heteroatoms. The van der Waals surface area contributed by atoms with Crippen molar-refractivity contribution in [3.63, 3.8) is 0 Å². The number of aliphatic hydroxyl groups is 1. The second-order valence-corrected chi connectivity index (χ2v) is 6.82. The van der Waals surface area contributed by atoms with Crippen LogP contribution in [0, 0.1) is 5.41 Å². The van der Waals surface area contributed by atoms with Crippen molar-refractivity contribution in [3.05, 3.63) is 0 Å². The van der Waals surface area contributed by atoms with Crippen LogP contribution >= 0.6 is 0 Å². The molecule has 0 aromatic carbocycles. The lowest BCUT2D eigenvalue weighted by Gasteiger charge is -2.36. The largest absolute Gasteiger partial charge is 0.391 e. The van der Waals surface area contributed by atoms with Crippen LogP contribution in [0.2, 0.25) is 0 Å². The van der Waals surface area contributed by atoms with Crippen molar-refractivity contribution in [2.45, 2.75) is 82.8 Å². The van der Waals surface area contributed by atoms with Gasteiger partial charge in [-0.3, -0.25) is 4.79 Å². The molecule has 20 heavy (non-hydrogen) atoms. The van der Waals surface area contributed by atoms with Gasteiger partial charge in [0.1, 0.15) is 0 Å². The third-order valence-corrected chi connectivity index (χ3v) is 5.21. The maximum atomic E-state index is 12.3. The highest BCUT2D eigenvalue weighted by atomic mass is 16.3. The first-order chi connectivity index (χ1) is 9.65. The van der Waals surface area contributed by atoms with E-state index in [4.69, 9.17) is 5.73 Å². The fraction of sp³-hybridized carbons (Fsp3) is 0.938. The van der Waals surface area contributed by atoms with Crippen molar-refractivity contribution < 1.29 is 9.90 Å². The fourth-order valence-electron chi connectivity index (χ4n) is 3.81. The first-order valence-electron chi connectivity index (χ1n) is 8.33. The van der Waals surface area contributed by atoms with Crippen molar-refractivity contribution in [2.24, 2.45) is 11.1 Å². The summed E-state index contributed by atoms with van der Waals surface area (Å²) < 4.78 is 0. The van der Waals surface area contributed by atoms with E-state index in [1.807, 2.05) is 0 Å². The zero-order chi connectivity index (χ0) is 14.4. The van der Waals surface area contributed by atoms with Crippen LogP contribution in [0.3, 0.4) is 0 Å². The Hall–Kier alpha value is -0.610. The standard InChI is InChI=1S/C16H30N2O2/c17-12-16(9-5-2-6-10-16)11-15(20)18-13-7-3-1-4-8-14(13)19/h13-14,19H,1-12,17H2,(H,18,20). The number of aliphatic hydroxyl groups excluding tert-OH is 1. The van der Waals surface area contributed by atoms with Gasteiger partial charge in [-0.05, 0) is 37.6 Å². The fourth-order valence-corrected chi connectivity index (χ4v) is 3.81. The number of amides is 1. The first kappa shape index (κ1) is 15.8. The zero-order valence-electron chi connectivity index (χ0n) is 12.6. The lowest BCUT2D eigenvalue weighted by Crippen LogP contribution is -2.46. The Morgan fingerprint density at radius 2 is 1.75 bits per heavy atom. The number of hydrogen-bond acceptors (Lipinski definition) is 3. The van der Waals surface area contributed by atoms with Crippen molar-refractivity contribution in [1.82, 2.24) is 5.32 Å². The molecule has 0 aromatic rings. The second kappa shape index (κ2) is 7.41. The monoisotopic (exact) mass is 282 g/mol. The highest BCUT2D eigenvalue weighted by molar-refractivity contribution is 5.77. The normalized spacial score (nSPS) is 30.5. The van der Waals surface area contributed by atoms with E-state index in [0.29, 0.717) is 13.0 Å². The van der Waals surface area contributed by atoms with Gasteiger partial charge in [0.05, 0.1) is 12.1 Å². The van der Waals surface area contributed by atoms with Crippen molar-refractivity contribution in [3.8, 4) is 0 Å². The Labute approximate surface area is 122 Å². The van der Waals surface area contributed by atoms with Gasteiger partial charge >= 0.3 is 0 Å². The van der Waals surface area contributed by atoms with Gasteiger partial charge in [-0.2, -0.15) is 0 Å². The van der Waals surface area contributed by atoms with Gasteiger partial charge in [-0.1, -0.05) is 38.5 Å². The highest BCUT2D eigenvalue weighted by Crippen LogP contribution is 2.38. The lowest BCUT2D eigenvalue weighted by molar-refractivity contribution is -0.125. The summed E-state index contributed by atoms with van der Waals surface area (Å²) in [6, 6.07) is -0.0524. The molecule has 0 aliphatic heterocycles. The van der Waals surface area contributed by atoms with Crippen LogP contribution in [0.25, 0.3) is 0 Å². The van der Waals surface area contributed by atoms with Crippen LogP contribution in [0.5, 0.6) is 0 Å². The average molecular weight is 282 g/mol. The minimum Gasteiger partial charge on any atom is -0.391 e. The minimum atomic E-state index is -0.373. The molecule has 2 unspecified atom stereocenters. The van der Waals surface area contributed by atoms with Crippen LogP contribution in [0.4, 0.5) is 0 Å². The predicted molar refractivity (Wildman–Crippen MR) is 80.2 cm³/mol. The molecule has 2 rings (SSSR count). The summed E-state index contributed by atoms with van der Waals surface area (Å²) >= 11 is 0. The molecule has 4 N–H and O–H groups in total. The van der Waals surface area contributed by atoms with Gasteiger partial charge in [0.25, 0.3) is 0 Å². The number of nitrogens with one attached hydrogen (secondary N) is 1. The molecule has 1 amide bonds. The number of nitrogens with two attached hydrogens (primary N) is 1. The van der Waals surface area contributed by atoms with Crippen molar-refractivity contribution in [2.75, 3.05) is 6.54 Å². The predicted octanol–water partition coefficient (Wildman–Crippen LogP) is 2.10. The maximum absolute atomic E-state index is 12.3. The second-order valence-electron chi connectivity index (χ2n) is 6.82. The molecule has 0 radical (unpaired) electrons. The van der Waals surface area contributed by atoms with E-state index in [1.165, 1.54) is 19.3 Å². The number of carbonyl (C=O) groups excluding carboxylic acids is 1. The van der Waals surface area contributed by atoms with Gasteiger partial charge in [-0.15, -0.1) is 0 Å². The van der Waals surface area contributed by atoms with Crippen LogP contribution in [0.15, 0.2) is 0 Å². The Bertz CT molecular complexity index is 314. The van der Waals surface area contributed by atoms with Gasteiger partial charge in [0.15, 0.2) is 0 Å². The van der Waals surface area contributed by atoms with E-state index >= 15 is 0 Å². The Kier molecular flexibility index (Phi) is 5.85. The molecule has 0 heterocycles. The molecular weight excluding hydrogens is 252 g/mol. The average Bonchev–Trinajstić information content (AvgIpc) is 2.65. The van der Waals surface area contributed by atoms with E-state index in [2.05, 4.69) is 5.32 Å². The molecule has 0 aromatic heterocycles. The van der Waals surface area contributed by atoms with Crippen LogP contribution in [-0.2, 0) is 4.79 Å². The summed E-state index contributed by atoms with van der Waals surface area (Å²) in [6.45, 7) is 0.605. The van der Waals surface area contributed by atoms with E-state index in [0.717, 1.165) is 44.9 Å². The molecule has 2 saturated carbocycles. The molecule has 4 nitrogen and oxygen atoms in total. The summed E-state index contributed by atoms with van der Waals surface area (Å²) in [4.78, 5) is 12.3. The SMILES string of the molecule is NCC1(CC(=O)NC2CCCCCC2O)CCCCC1. The zero-order valence-corrected chi connectivity index (χ0v) is 12.6. The molecule has 0 saturated heterocycles. The van der Waals surface area contributed by atoms with Gasteiger partial charge in [0, 0.05) is 6.42 Å². The van der Waals surface area contributed by atoms with E-state index in [1.54, 1.807) is 0 Å². The number of hydrogen-bond donors (Lipinski definition) is 3. The highest BCUT2D eigenvalue weighted by Gasteiger charge is 2.34. The Morgan fingerprint density at radius 3 is 2.45 bits per heavy atom. The molecule has 2 fully saturated rings. The quantitative estimate of drug-likeness (QED) is 0.691. The molecule has 2 atom stereocenters. The van der Waals surface area contributed by atoms with Crippen LogP contribution in [-0.4, -0.2) is 29.7 Å². The van der Waals surface area contributed by atoms with Gasteiger partial charge < -0.3 is 16.2 Å². The maximum Gasteiger partial charge on any atom is 0.220 e. The molecule has 2 aliphatic carbocycles. The molecular formula is C16H30N2O2. The summed E-state index contributed by atoms with van der Waals surface area (Å²) in [7, 11) is 0. The van der Waals surface area contributed by atoms with Gasteiger partial charge in [0.2, 0.25) is 5.91 Å². The van der Waals surface area contributed by atoms with E-state index < -0.39 is 0 Å². The molecule has 0 spiro atoms. The Balaban J connectivity index is 1.87. The molecule has 0 bridgehead atoms. The van der Waals surface area contributed by atoms with Crippen molar-refractivity contribution in [1.29, 1.82) is 0 Å². The van der Waals surface area contributed by atoms with Crippen LogP contribution in [0.1, 0.15) is 70.6 Å². The minimum absolute atomic E-state index is 0.0119. The topological polar surface area (TPSA) is 75.4 Å². The van der Waals surface area contributed by atoms with Gasteiger partial charge in [-0.25, -0.2) is 0 Å². The number of carbonyl (C=O) groups is 1. The summed E-state index contributed by atoms with van der Waals surface area (Å²) in [5.41, 5.74) is 5.95. The lowest BCUT2D eigenvalue weighted by atomic mass is 9.71. The third kappa shape index (κ3) is 4.19. The molecule has 2 aliphatic rings. The van der Waals surface area contributed by atoms with Crippen molar-refractivity contribution >= 4 is 5.91 Å². The van der Waals surface area contributed by atoms with E-state index in [-0.39, 0.29) is 23.5 Å². The Morgan fingerprint density at radius 1 is 1.10 bits per heavy atom. The summed E-state index contributed by atoms with van der Waals surface area (Å²) in [5, 5.41) is 13.2. The summed E-state index contributed by atoms with van der Waals surface area (Å²) in [6.07, 6.45) is 11.0. The smallest absolute Gasteiger partial charge is 0.220 e. The number of rotatable bonds is 4. The summed E-state index contributed by atoms with van der Waals surface area (Å²) in [5.74, 6) is 0.0864. The van der Waals surface area contributed by atoms with Crippen LogP contribution < -0.4 is 11.1 Å². The van der Waals surface area contributed by atoms with E-state index in [9.17, 15) is 9.90 Å². The molecule has 116 valence electrons. The first-order valence-corrected chi connectivity index (χ1v) is 8.33. The third-order valence-electron chi connectivity index (χ3n) is 5.21.